The molecule has 1 rings (SSSR count). The van der Waals surface area contributed by atoms with Gasteiger partial charge in [0.05, 0.1) is 12.5 Å². The van der Waals surface area contributed by atoms with Gasteiger partial charge >= 0.3 is 5.97 Å². The smallest absolute Gasteiger partial charge is 0.312 e. The molecule has 1 unspecified atom stereocenters. The second-order valence-corrected chi connectivity index (χ2v) is 5.95. The van der Waals surface area contributed by atoms with Gasteiger partial charge in [0, 0.05) is 19.1 Å². The number of methoxy groups -OCH3 is 1. The summed E-state index contributed by atoms with van der Waals surface area (Å²) in [5, 5.41) is 3.40. The SMILES string of the molecule is COC(=O)C(C)(C)CNCC(C)N1CCCCC1. The first kappa shape index (κ1) is 15.4. The van der Waals surface area contributed by atoms with Gasteiger partial charge < -0.3 is 10.1 Å². The van der Waals surface area contributed by atoms with E-state index in [0.717, 1.165) is 6.54 Å². The molecule has 1 N–H and O–H groups in total. The van der Waals surface area contributed by atoms with E-state index in [4.69, 9.17) is 4.74 Å². The van der Waals surface area contributed by atoms with Gasteiger partial charge in [-0.25, -0.2) is 0 Å². The van der Waals surface area contributed by atoms with Crippen LogP contribution >= 0.6 is 0 Å². The zero-order chi connectivity index (χ0) is 13.6. The number of nitrogens with zero attached hydrogens (tertiary/aromatic N) is 1. The van der Waals surface area contributed by atoms with Gasteiger partial charge in [0.1, 0.15) is 0 Å². The van der Waals surface area contributed by atoms with Crippen molar-refractivity contribution in [1.82, 2.24) is 10.2 Å². The molecule has 1 fully saturated rings. The highest BCUT2D eigenvalue weighted by molar-refractivity contribution is 5.76. The van der Waals surface area contributed by atoms with E-state index in [1.54, 1.807) is 0 Å². The van der Waals surface area contributed by atoms with Crippen LogP contribution in [0.15, 0.2) is 0 Å². The molecule has 1 atom stereocenters. The first-order valence-electron chi connectivity index (χ1n) is 7.00. The van der Waals surface area contributed by atoms with Crippen LogP contribution in [0.1, 0.15) is 40.0 Å². The second-order valence-electron chi connectivity index (χ2n) is 5.95. The number of rotatable bonds is 6. The van der Waals surface area contributed by atoms with Crippen LogP contribution in [0.3, 0.4) is 0 Å². The van der Waals surface area contributed by atoms with E-state index in [1.807, 2.05) is 13.8 Å². The molecule has 0 saturated carbocycles. The lowest BCUT2D eigenvalue weighted by molar-refractivity contribution is -0.150. The third-order valence-electron chi connectivity index (χ3n) is 3.76. The Bertz CT molecular complexity index is 261. The summed E-state index contributed by atoms with van der Waals surface area (Å²) in [6.07, 6.45) is 4.00. The monoisotopic (exact) mass is 256 g/mol. The largest absolute Gasteiger partial charge is 0.469 e. The highest BCUT2D eigenvalue weighted by atomic mass is 16.5. The summed E-state index contributed by atoms with van der Waals surface area (Å²) in [5.41, 5.74) is -0.448. The van der Waals surface area contributed by atoms with Gasteiger partial charge in [-0.3, -0.25) is 9.69 Å². The molecule has 1 aliphatic rings. The van der Waals surface area contributed by atoms with Crippen molar-refractivity contribution >= 4 is 5.97 Å². The molecule has 0 radical (unpaired) electrons. The lowest BCUT2D eigenvalue weighted by atomic mass is 9.93. The normalized spacial score (nSPS) is 19.6. The molecule has 18 heavy (non-hydrogen) atoms. The molecule has 1 saturated heterocycles. The van der Waals surface area contributed by atoms with Crippen molar-refractivity contribution in [2.45, 2.75) is 46.1 Å². The van der Waals surface area contributed by atoms with Crippen molar-refractivity contribution in [2.75, 3.05) is 33.3 Å². The number of carbonyl (C=O) groups excluding carboxylic acids is 1. The number of nitrogens with one attached hydrogen (secondary N) is 1. The topological polar surface area (TPSA) is 41.6 Å². The molecule has 1 heterocycles. The summed E-state index contributed by atoms with van der Waals surface area (Å²) in [5.74, 6) is -0.152. The second kappa shape index (κ2) is 7.10. The number of ether oxygens (including phenoxy) is 1. The standard InChI is InChI=1S/C14H28N2O2/c1-12(16-8-6-5-7-9-16)10-15-11-14(2,3)13(17)18-4/h12,15H,5-11H2,1-4H3. The molecule has 106 valence electrons. The molecule has 0 amide bonds. The number of piperidine rings is 1. The summed E-state index contributed by atoms with van der Waals surface area (Å²) in [6.45, 7) is 10.1. The minimum Gasteiger partial charge on any atom is -0.469 e. The Morgan fingerprint density at radius 3 is 2.50 bits per heavy atom. The molecule has 0 aromatic carbocycles. The zero-order valence-corrected chi connectivity index (χ0v) is 12.3. The Morgan fingerprint density at radius 2 is 1.94 bits per heavy atom. The number of likely N-dealkylation sites (tertiary alicyclic amines) is 1. The number of hydrogen-bond donors (Lipinski definition) is 1. The van der Waals surface area contributed by atoms with Crippen molar-refractivity contribution in [2.24, 2.45) is 5.41 Å². The molecule has 1 aliphatic heterocycles. The Labute approximate surface area is 111 Å². The lowest BCUT2D eigenvalue weighted by Crippen LogP contribution is -2.46. The van der Waals surface area contributed by atoms with Crippen LogP contribution in [-0.4, -0.2) is 50.2 Å². The Balaban J connectivity index is 2.25. The van der Waals surface area contributed by atoms with Gasteiger partial charge in [-0.1, -0.05) is 6.42 Å². The van der Waals surface area contributed by atoms with Gasteiger partial charge in [-0.05, 0) is 46.7 Å². The molecule has 0 aliphatic carbocycles. The quantitative estimate of drug-likeness (QED) is 0.734. The minimum atomic E-state index is -0.448. The van der Waals surface area contributed by atoms with Gasteiger partial charge in [-0.2, -0.15) is 0 Å². The van der Waals surface area contributed by atoms with Gasteiger partial charge in [0.25, 0.3) is 0 Å². The van der Waals surface area contributed by atoms with E-state index in [-0.39, 0.29) is 5.97 Å². The van der Waals surface area contributed by atoms with Crippen molar-refractivity contribution in [3.8, 4) is 0 Å². The van der Waals surface area contributed by atoms with E-state index in [0.29, 0.717) is 12.6 Å². The lowest BCUT2D eigenvalue weighted by Gasteiger charge is -2.33. The predicted molar refractivity (Wildman–Crippen MR) is 73.6 cm³/mol. The number of hydrogen-bond acceptors (Lipinski definition) is 4. The predicted octanol–water partition coefficient (Wildman–Crippen LogP) is 1.65. The summed E-state index contributed by atoms with van der Waals surface area (Å²) in [4.78, 5) is 14.1. The van der Waals surface area contributed by atoms with E-state index in [1.165, 1.54) is 39.5 Å². The Morgan fingerprint density at radius 1 is 1.33 bits per heavy atom. The zero-order valence-electron chi connectivity index (χ0n) is 12.3. The molecule has 0 aromatic rings. The maximum Gasteiger partial charge on any atom is 0.312 e. The minimum absolute atomic E-state index is 0.152. The number of carbonyl (C=O) groups is 1. The fourth-order valence-corrected chi connectivity index (χ4v) is 2.43. The highest BCUT2D eigenvalue weighted by Crippen LogP contribution is 2.16. The van der Waals surface area contributed by atoms with Crippen LogP contribution in [0.2, 0.25) is 0 Å². The van der Waals surface area contributed by atoms with Crippen LogP contribution in [0, 0.1) is 5.41 Å². The molecule has 4 heteroatoms. The summed E-state index contributed by atoms with van der Waals surface area (Å²) in [7, 11) is 1.44. The first-order valence-corrected chi connectivity index (χ1v) is 7.00. The van der Waals surface area contributed by atoms with Crippen molar-refractivity contribution in [3.63, 3.8) is 0 Å². The fraction of sp³-hybridized carbons (Fsp3) is 0.929. The summed E-state index contributed by atoms with van der Waals surface area (Å²) >= 11 is 0. The van der Waals surface area contributed by atoms with Crippen molar-refractivity contribution in [3.05, 3.63) is 0 Å². The average Bonchev–Trinajstić information content (AvgIpc) is 2.38. The van der Waals surface area contributed by atoms with Crippen LogP contribution in [-0.2, 0) is 9.53 Å². The highest BCUT2D eigenvalue weighted by Gasteiger charge is 2.28. The Kier molecular flexibility index (Phi) is 6.09. The maximum absolute atomic E-state index is 11.5. The molecular weight excluding hydrogens is 228 g/mol. The average molecular weight is 256 g/mol. The van der Waals surface area contributed by atoms with Crippen LogP contribution in [0.4, 0.5) is 0 Å². The van der Waals surface area contributed by atoms with Crippen LogP contribution in [0.5, 0.6) is 0 Å². The van der Waals surface area contributed by atoms with Crippen LogP contribution < -0.4 is 5.32 Å². The van der Waals surface area contributed by atoms with Crippen molar-refractivity contribution in [1.29, 1.82) is 0 Å². The Hall–Kier alpha value is -0.610. The maximum atomic E-state index is 11.5. The van der Waals surface area contributed by atoms with Gasteiger partial charge in [0.2, 0.25) is 0 Å². The van der Waals surface area contributed by atoms with E-state index in [9.17, 15) is 4.79 Å². The van der Waals surface area contributed by atoms with Gasteiger partial charge in [-0.15, -0.1) is 0 Å². The fourth-order valence-electron chi connectivity index (χ4n) is 2.43. The first-order chi connectivity index (χ1) is 8.47. The van der Waals surface area contributed by atoms with E-state index < -0.39 is 5.41 Å². The molecule has 0 spiro atoms. The summed E-state index contributed by atoms with van der Waals surface area (Å²) in [6, 6.07) is 0.541. The van der Waals surface area contributed by atoms with Crippen LogP contribution in [0.25, 0.3) is 0 Å². The third-order valence-corrected chi connectivity index (χ3v) is 3.76. The molecule has 0 aromatic heterocycles. The van der Waals surface area contributed by atoms with E-state index >= 15 is 0 Å². The summed E-state index contributed by atoms with van der Waals surface area (Å²) < 4.78 is 4.80. The van der Waals surface area contributed by atoms with Gasteiger partial charge in [0.15, 0.2) is 0 Å². The molecule has 4 nitrogen and oxygen atoms in total. The van der Waals surface area contributed by atoms with E-state index in [2.05, 4.69) is 17.1 Å². The third kappa shape index (κ3) is 4.58. The molecule has 0 bridgehead atoms. The molecular formula is C14H28N2O2. The number of esters is 1. The van der Waals surface area contributed by atoms with Crippen molar-refractivity contribution < 1.29 is 9.53 Å².